The number of carbonyl (C=O) groups excluding carboxylic acids is 1. The summed E-state index contributed by atoms with van der Waals surface area (Å²) < 4.78 is 41.9. The largest absolute Gasteiger partial charge is 0.495 e. The Labute approximate surface area is 226 Å². The standard InChI is InChI=1S/C25H20BrN3O8S/c1-3-36-23-13-16(11-17(15-27)25(30)28-21-9-4-5-10-22(21)35-2)12-20(26)24(23)37-38(33,34)19-8-6-7-18(14-19)29(31)32/h4-14H,3H2,1-2H3,(H,28,30)/b17-11+. The molecule has 0 bridgehead atoms. The number of amides is 1. The summed E-state index contributed by atoms with van der Waals surface area (Å²) in [5.41, 5.74) is 0.0254. The number of nitrogens with one attached hydrogen (secondary N) is 1. The molecule has 1 N–H and O–H groups in total. The molecule has 0 aliphatic heterocycles. The number of benzene rings is 3. The number of nitrogens with zero attached hydrogens (tertiary/aromatic N) is 2. The number of anilines is 1. The SMILES string of the molecule is CCOc1cc(/C=C(\C#N)C(=O)Nc2ccccc2OC)cc(Br)c1OS(=O)(=O)c1cccc([N+](=O)[O-])c1. The molecule has 0 unspecified atom stereocenters. The smallest absolute Gasteiger partial charge is 0.339 e. The van der Waals surface area contributed by atoms with Gasteiger partial charge in [-0.3, -0.25) is 14.9 Å². The van der Waals surface area contributed by atoms with Gasteiger partial charge in [-0.2, -0.15) is 13.7 Å². The van der Waals surface area contributed by atoms with Crippen LogP contribution in [0.25, 0.3) is 6.08 Å². The Morgan fingerprint density at radius 1 is 1.16 bits per heavy atom. The zero-order valence-electron chi connectivity index (χ0n) is 20.0. The van der Waals surface area contributed by atoms with Crippen molar-refractivity contribution in [2.45, 2.75) is 11.8 Å². The van der Waals surface area contributed by atoms with Gasteiger partial charge in [0.2, 0.25) is 0 Å². The van der Waals surface area contributed by atoms with E-state index >= 15 is 0 Å². The average Bonchev–Trinajstić information content (AvgIpc) is 2.89. The van der Waals surface area contributed by atoms with Crippen molar-refractivity contribution in [1.29, 1.82) is 5.26 Å². The van der Waals surface area contributed by atoms with Gasteiger partial charge >= 0.3 is 10.1 Å². The average molecular weight is 602 g/mol. The molecule has 0 heterocycles. The van der Waals surface area contributed by atoms with Crippen LogP contribution in [0.15, 0.2) is 75.6 Å². The molecular weight excluding hydrogens is 582 g/mol. The molecule has 38 heavy (non-hydrogen) atoms. The molecule has 13 heteroatoms. The molecule has 1 amide bonds. The van der Waals surface area contributed by atoms with Crippen LogP contribution >= 0.6 is 15.9 Å². The highest BCUT2D eigenvalue weighted by Crippen LogP contribution is 2.39. The number of halogens is 1. The summed E-state index contributed by atoms with van der Waals surface area (Å²) >= 11 is 3.25. The van der Waals surface area contributed by atoms with Crippen LogP contribution in [0.4, 0.5) is 11.4 Å². The molecule has 0 aliphatic carbocycles. The number of hydrogen-bond acceptors (Lipinski definition) is 9. The summed E-state index contributed by atoms with van der Waals surface area (Å²) in [6, 6.07) is 15.7. The highest BCUT2D eigenvalue weighted by molar-refractivity contribution is 9.10. The first-order valence-corrected chi connectivity index (χ1v) is 13.0. The second-order valence-electron chi connectivity index (χ2n) is 7.38. The van der Waals surface area contributed by atoms with E-state index in [2.05, 4.69) is 21.2 Å². The van der Waals surface area contributed by atoms with Crippen molar-refractivity contribution >= 4 is 49.4 Å². The van der Waals surface area contributed by atoms with Gasteiger partial charge in [-0.1, -0.05) is 18.2 Å². The molecule has 0 aromatic heterocycles. The predicted molar refractivity (Wildman–Crippen MR) is 141 cm³/mol. The maximum Gasteiger partial charge on any atom is 0.339 e. The van der Waals surface area contributed by atoms with Crippen LogP contribution in [0.5, 0.6) is 17.2 Å². The first-order valence-electron chi connectivity index (χ1n) is 10.8. The summed E-state index contributed by atoms with van der Waals surface area (Å²) in [4.78, 5) is 22.6. The molecule has 0 saturated carbocycles. The Hall–Kier alpha value is -4.41. The lowest BCUT2D eigenvalue weighted by atomic mass is 10.1. The maximum absolute atomic E-state index is 12.9. The molecule has 3 aromatic rings. The lowest BCUT2D eigenvalue weighted by Crippen LogP contribution is -2.14. The fourth-order valence-electron chi connectivity index (χ4n) is 3.18. The third kappa shape index (κ3) is 6.67. The molecule has 0 saturated heterocycles. The number of rotatable bonds is 10. The van der Waals surface area contributed by atoms with Crippen molar-refractivity contribution in [3.63, 3.8) is 0 Å². The van der Waals surface area contributed by atoms with Gasteiger partial charge in [0.15, 0.2) is 11.5 Å². The van der Waals surface area contributed by atoms with Crippen molar-refractivity contribution < 1.29 is 31.8 Å². The van der Waals surface area contributed by atoms with E-state index in [1.54, 1.807) is 31.2 Å². The van der Waals surface area contributed by atoms with Crippen molar-refractivity contribution in [2.75, 3.05) is 19.0 Å². The predicted octanol–water partition coefficient (Wildman–Crippen LogP) is 5.08. The van der Waals surface area contributed by atoms with E-state index in [-0.39, 0.29) is 28.2 Å². The number of hydrogen-bond donors (Lipinski definition) is 1. The van der Waals surface area contributed by atoms with Crippen molar-refractivity contribution in [3.05, 3.63) is 86.4 Å². The van der Waals surface area contributed by atoms with Crippen LogP contribution in [-0.4, -0.2) is 33.0 Å². The summed E-state index contributed by atoms with van der Waals surface area (Å²) in [6.45, 7) is 1.79. The minimum absolute atomic E-state index is 0.00967. The Kier molecular flexibility index (Phi) is 9.06. The second kappa shape index (κ2) is 12.2. The zero-order valence-corrected chi connectivity index (χ0v) is 22.4. The number of non-ortho nitro benzene ring substituents is 1. The zero-order chi connectivity index (χ0) is 27.9. The highest BCUT2D eigenvalue weighted by atomic mass is 79.9. The summed E-state index contributed by atoms with van der Waals surface area (Å²) in [5.74, 6) is -0.511. The van der Waals surface area contributed by atoms with Gasteiger partial charge in [0.05, 0.1) is 28.8 Å². The summed E-state index contributed by atoms with van der Waals surface area (Å²) in [7, 11) is -3.04. The number of carbonyl (C=O) groups is 1. The van der Waals surface area contributed by atoms with Crippen LogP contribution in [0.3, 0.4) is 0 Å². The molecule has 0 spiro atoms. The molecule has 0 radical (unpaired) electrons. The second-order valence-corrected chi connectivity index (χ2v) is 9.78. The maximum atomic E-state index is 12.9. The first kappa shape index (κ1) is 28.2. The van der Waals surface area contributed by atoms with E-state index in [0.717, 1.165) is 18.2 Å². The first-order chi connectivity index (χ1) is 18.1. The molecule has 3 rings (SSSR count). The Balaban J connectivity index is 1.96. The minimum Gasteiger partial charge on any atom is -0.495 e. The number of para-hydroxylation sites is 2. The lowest BCUT2D eigenvalue weighted by molar-refractivity contribution is -0.385. The van der Waals surface area contributed by atoms with Gasteiger partial charge in [0.25, 0.3) is 11.6 Å². The number of methoxy groups -OCH3 is 1. The molecule has 0 fully saturated rings. The highest BCUT2D eigenvalue weighted by Gasteiger charge is 2.24. The number of ether oxygens (including phenoxy) is 2. The molecule has 3 aromatic carbocycles. The normalized spacial score (nSPS) is 11.3. The van der Waals surface area contributed by atoms with E-state index in [0.29, 0.717) is 17.0 Å². The molecular formula is C25H20BrN3O8S. The quantitative estimate of drug-likeness (QED) is 0.110. The third-order valence-electron chi connectivity index (χ3n) is 4.87. The third-order valence-corrected chi connectivity index (χ3v) is 6.68. The van der Waals surface area contributed by atoms with E-state index in [1.807, 2.05) is 6.07 Å². The minimum atomic E-state index is -4.49. The fourth-order valence-corrected chi connectivity index (χ4v) is 4.82. The number of nitro benzene ring substituents is 1. The van der Waals surface area contributed by atoms with Crippen molar-refractivity contribution in [2.24, 2.45) is 0 Å². The van der Waals surface area contributed by atoms with Gasteiger partial charge in [-0.15, -0.1) is 0 Å². The van der Waals surface area contributed by atoms with Gasteiger partial charge in [-0.25, -0.2) is 0 Å². The summed E-state index contributed by atoms with van der Waals surface area (Å²) in [5, 5.41) is 23.2. The van der Waals surface area contributed by atoms with Crippen molar-refractivity contribution in [1.82, 2.24) is 0 Å². The van der Waals surface area contributed by atoms with E-state index < -0.39 is 31.5 Å². The van der Waals surface area contributed by atoms with Crippen molar-refractivity contribution in [3.8, 4) is 23.3 Å². The molecule has 11 nitrogen and oxygen atoms in total. The fraction of sp³-hybridized carbons (Fsp3) is 0.120. The number of nitro groups is 1. The van der Waals surface area contributed by atoms with Gasteiger partial charge in [0, 0.05) is 12.1 Å². The van der Waals surface area contributed by atoms with Crippen LogP contribution in [0.1, 0.15) is 12.5 Å². The Morgan fingerprint density at radius 2 is 1.89 bits per heavy atom. The Morgan fingerprint density at radius 3 is 2.55 bits per heavy atom. The monoisotopic (exact) mass is 601 g/mol. The van der Waals surface area contributed by atoms with Crippen LogP contribution in [0, 0.1) is 21.4 Å². The Bertz CT molecular complexity index is 1570. The van der Waals surface area contributed by atoms with E-state index in [9.17, 15) is 28.6 Å². The van der Waals surface area contributed by atoms with Crippen LogP contribution in [-0.2, 0) is 14.9 Å². The van der Waals surface area contributed by atoms with E-state index in [1.165, 1.54) is 31.4 Å². The molecule has 0 atom stereocenters. The molecule has 0 aliphatic rings. The topological polar surface area (TPSA) is 158 Å². The summed E-state index contributed by atoms with van der Waals surface area (Å²) in [6.07, 6.45) is 1.29. The van der Waals surface area contributed by atoms with Gasteiger partial charge in [0.1, 0.15) is 22.3 Å². The lowest BCUT2D eigenvalue weighted by Gasteiger charge is -2.15. The van der Waals surface area contributed by atoms with Crippen LogP contribution < -0.4 is 19.0 Å². The van der Waals surface area contributed by atoms with Gasteiger partial charge in [-0.05, 0) is 64.8 Å². The van der Waals surface area contributed by atoms with E-state index in [4.69, 9.17) is 13.7 Å². The molecule has 196 valence electrons. The van der Waals surface area contributed by atoms with Gasteiger partial charge < -0.3 is 19.0 Å². The number of nitriles is 1. The van der Waals surface area contributed by atoms with Crippen LogP contribution in [0.2, 0.25) is 0 Å².